The molecule has 3 fully saturated rings. The van der Waals surface area contributed by atoms with Crippen molar-refractivity contribution in [3.63, 3.8) is 0 Å². The highest BCUT2D eigenvalue weighted by atomic mass is 19.1. The summed E-state index contributed by atoms with van der Waals surface area (Å²) in [6.45, 7) is 1.66. The summed E-state index contributed by atoms with van der Waals surface area (Å²) >= 11 is 0. The number of benzene rings is 1. The van der Waals surface area contributed by atoms with Crippen LogP contribution in [0.5, 0.6) is 0 Å². The van der Waals surface area contributed by atoms with Gasteiger partial charge in [-0.3, -0.25) is 19.8 Å². The van der Waals surface area contributed by atoms with Crippen LogP contribution in [0.3, 0.4) is 0 Å². The van der Waals surface area contributed by atoms with E-state index in [0.29, 0.717) is 11.3 Å². The minimum atomic E-state index is -0.730. The van der Waals surface area contributed by atoms with Gasteiger partial charge in [0.25, 0.3) is 11.8 Å². The first-order chi connectivity index (χ1) is 13.5. The van der Waals surface area contributed by atoms with Crippen molar-refractivity contribution in [1.29, 1.82) is 0 Å². The molecule has 4 rings (SSSR count). The Kier molecular flexibility index (Phi) is 5.15. The second kappa shape index (κ2) is 7.73. The average Bonchev–Trinajstić information content (AvgIpc) is 3.20. The number of hydrogen-bond acceptors (Lipinski definition) is 4. The molecule has 0 aromatic heterocycles. The van der Waals surface area contributed by atoms with Crippen LogP contribution in [0.25, 0.3) is 6.08 Å². The number of hydrogen-bond donors (Lipinski definition) is 1. The quantitative estimate of drug-likeness (QED) is 0.641. The number of halogens is 1. The Morgan fingerprint density at radius 3 is 2.39 bits per heavy atom. The molecular formula is C21H24FN3O3. The third-order valence-corrected chi connectivity index (χ3v) is 5.80. The highest BCUT2D eigenvalue weighted by molar-refractivity contribution is 6.31. The fraction of sp³-hybridized carbons (Fsp3) is 0.476. The zero-order chi connectivity index (χ0) is 19.7. The van der Waals surface area contributed by atoms with Crippen molar-refractivity contribution in [2.24, 2.45) is 0 Å². The minimum Gasteiger partial charge on any atom is -0.369 e. The number of amides is 4. The number of carbonyl (C=O) groups is 3. The van der Waals surface area contributed by atoms with Crippen molar-refractivity contribution in [2.45, 2.75) is 51.0 Å². The normalized spacial score (nSPS) is 22.9. The van der Waals surface area contributed by atoms with Gasteiger partial charge < -0.3 is 4.90 Å². The molecule has 148 valence electrons. The van der Waals surface area contributed by atoms with Crippen molar-refractivity contribution in [1.82, 2.24) is 10.2 Å². The van der Waals surface area contributed by atoms with Crippen molar-refractivity contribution in [3.05, 3.63) is 35.2 Å². The van der Waals surface area contributed by atoms with E-state index in [4.69, 9.17) is 0 Å². The van der Waals surface area contributed by atoms with E-state index in [0.717, 1.165) is 58.0 Å². The maximum atomic E-state index is 14.6. The zero-order valence-corrected chi connectivity index (χ0v) is 15.7. The molecule has 1 aromatic carbocycles. The van der Waals surface area contributed by atoms with E-state index in [1.807, 2.05) is 4.90 Å². The largest absolute Gasteiger partial charge is 0.369 e. The maximum Gasteiger partial charge on any atom is 0.331 e. The van der Waals surface area contributed by atoms with Gasteiger partial charge in [-0.15, -0.1) is 0 Å². The van der Waals surface area contributed by atoms with Crippen LogP contribution in [0, 0.1) is 5.82 Å². The fourth-order valence-corrected chi connectivity index (χ4v) is 4.34. The van der Waals surface area contributed by atoms with Crippen molar-refractivity contribution in [3.8, 4) is 0 Å². The molecule has 1 aliphatic carbocycles. The third kappa shape index (κ3) is 3.53. The first-order valence-corrected chi connectivity index (χ1v) is 9.99. The number of barbiturate groups is 1. The summed E-state index contributed by atoms with van der Waals surface area (Å²) in [7, 11) is 0. The molecule has 0 spiro atoms. The summed E-state index contributed by atoms with van der Waals surface area (Å²) in [6.07, 6.45) is 7.96. The Labute approximate surface area is 163 Å². The van der Waals surface area contributed by atoms with Crippen LogP contribution in [0.1, 0.15) is 50.5 Å². The Hall–Kier alpha value is -2.70. The SMILES string of the molecule is O=C1NC(=O)N(C2CCCCC2)C(=O)C1=Cc1ccc(N2CCCC2)c(F)c1. The standard InChI is InChI=1S/C21H24FN3O3/c22-17-13-14(8-9-18(17)24-10-4-5-11-24)12-16-19(26)23-21(28)25(20(16)27)15-6-2-1-3-7-15/h8-9,12-13,15H,1-7,10-11H2,(H,23,26,28). The number of imide groups is 2. The lowest BCUT2D eigenvalue weighted by molar-refractivity contribution is -0.132. The smallest absolute Gasteiger partial charge is 0.331 e. The second-order valence-corrected chi connectivity index (χ2v) is 7.69. The van der Waals surface area contributed by atoms with E-state index in [-0.39, 0.29) is 17.4 Å². The third-order valence-electron chi connectivity index (χ3n) is 5.80. The predicted molar refractivity (Wildman–Crippen MR) is 103 cm³/mol. The first kappa shape index (κ1) is 18.7. The van der Waals surface area contributed by atoms with Gasteiger partial charge in [0.1, 0.15) is 11.4 Å². The molecule has 1 aromatic rings. The molecule has 6 nitrogen and oxygen atoms in total. The Bertz CT molecular complexity index is 839. The van der Waals surface area contributed by atoms with Gasteiger partial charge >= 0.3 is 6.03 Å². The molecule has 0 atom stereocenters. The monoisotopic (exact) mass is 385 g/mol. The van der Waals surface area contributed by atoms with Crippen LogP contribution >= 0.6 is 0 Å². The lowest BCUT2D eigenvalue weighted by Crippen LogP contribution is -2.58. The molecule has 7 heteroatoms. The van der Waals surface area contributed by atoms with Crippen LogP contribution in [0.4, 0.5) is 14.9 Å². The maximum absolute atomic E-state index is 14.6. The average molecular weight is 385 g/mol. The number of urea groups is 1. The molecular weight excluding hydrogens is 361 g/mol. The molecule has 4 amide bonds. The zero-order valence-electron chi connectivity index (χ0n) is 15.7. The summed E-state index contributed by atoms with van der Waals surface area (Å²) in [6, 6.07) is 3.87. The van der Waals surface area contributed by atoms with E-state index in [1.54, 1.807) is 12.1 Å². The molecule has 2 saturated heterocycles. The van der Waals surface area contributed by atoms with Gasteiger partial charge in [-0.25, -0.2) is 9.18 Å². The molecule has 0 unspecified atom stereocenters. The van der Waals surface area contributed by atoms with E-state index in [1.165, 1.54) is 17.0 Å². The minimum absolute atomic E-state index is 0.126. The predicted octanol–water partition coefficient (Wildman–Crippen LogP) is 3.22. The Morgan fingerprint density at radius 2 is 1.71 bits per heavy atom. The lowest BCUT2D eigenvalue weighted by Gasteiger charge is -2.35. The molecule has 0 bridgehead atoms. The van der Waals surface area contributed by atoms with Crippen molar-refractivity contribution < 1.29 is 18.8 Å². The van der Waals surface area contributed by atoms with Gasteiger partial charge in [0.05, 0.1) is 5.69 Å². The van der Waals surface area contributed by atoms with E-state index in [2.05, 4.69) is 5.32 Å². The first-order valence-electron chi connectivity index (χ1n) is 9.99. The molecule has 2 aliphatic heterocycles. The summed E-state index contributed by atoms with van der Waals surface area (Å²) < 4.78 is 14.6. The van der Waals surface area contributed by atoms with Crippen LogP contribution in [0.2, 0.25) is 0 Å². The summed E-state index contributed by atoms with van der Waals surface area (Å²) in [5, 5.41) is 2.26. The van der Waals surface area contributed by atoms with E-state index < -0.39 is 17.8 Å². The van der Waals surface area contributed by atoms with Crippen LogP contribution in [0.15, 0.2) is 23.8 Å². The van der Waals surface area contributed by atoms with Crippen molar-refractivity contribution in [2.75, 3.05) is 18.0 Å². The number of anilines is 1. The molecule has 28 heavy (non-hydrogen) atoms. The number of nitrogens with zero attached hydrogens (tertiary/aromatic N) is 2. The summed E-state index contributed by atoms with van der Waals surface area (Å²) in [5.41, 5.74) is 0.841. The van der Waals surface area contributed by atoms with Crippen LogP contribution < -0.4 is 10.2 Å². The molecule has 2 heterocycles. The molecule has 1 N–H and O–H groups in total. The van der Waals surface area contributed by atoms with Crippen molar-refractivity contribution >= 4 is 29.6 Å². The van der Waals surface area contributed by atoms with E-state index >= 15 is 0 Å². The van der Waals surface area contributed by atoms with Crippen LogP contribution in [-0.2, 0) is 9.59 Å². The second-order valence-electron chi connectivity index (χ2n) is 7.69. The molecule has 3 aliphatic rings. The highest BCUT2D eigenvalue weighted by Gasteiger charge is 2.40. The van der Waals surface area contributed by atoms with Gasteiger partial charge in [-0.05, 0) is 49.5 Å². The Balaban J connectivity index is 1.60. The molecule has 0 radical (unpaired) electrons. The van der Waals surface area contributed by atoms with Crippen LogP contribution in [-0.4, -0.2) is 41.9 Å². The highest BCUT2D eigenvalue weighted by Crippen LogP contribution is 2.28. The van der Waals surface area contributed by atoms with Gasteiger partial charge in [0.2, 0.25) is 0 Å². The molecule has 1 saturated carbocycles. The van der Waals surface area contributed by atoms with E-state index in [9.17, 15) is 18.8 Å². The van der Waals surface area contributed by atoms with Gasteiger partial charge in [0.15, 0.2) is 0 Å². The Morgan fingerprint density at radius 1 is 1.00 bits per heavy atom. The summed E-state index contributed by atoms with van der Waals surface area (Å²) in [5.74, 6) is -1.70. The topological polar surface area (TPSA) is 69.7 Å². The van der Waals surface area contributed by atoms with Gasteiger partial charge in [-0.2, -0.15) is 0 Å². The number of nitrogens with one attached hydrogen (secondary N) is 1. The fourth-order valence-electron chi connectivity index (χ4n) is 4.34. The van der Waals surface area contributed by atoms with Gasteiger partial charge in [0, 0.05) is 19.1 Å². The summed E-state index contributed by atoms with van der Waals surface area (Å²) in [4.78, 5) is 40.5. The number of rotatable bonds is 3. The number of carbonyl (C=O) groups excluding carboxylic acids is 3. The van der Waals surface area contributed by atoms with Gasteiger partial charge in [-0.1, -0.05) is 25.3 Å². The lowest BCUT2D eigenvalue weighted by atomic mass is 9.93.